The summed E-state index contributed by atoms with van der Waals surface area (Å²) >= 11 is 0. The van der Waals surface area contributed by atoms with E-state index in [1.807, 2.05) is 0 Å². The molecule has 1 aromatic heterocycles. The molecule has 0 radical (unpaired) electrons. The Morgan fingerprint density at radius 2 is 2.13 bits per heavy atom. The minimum Gasteiger partial charge on any atom is -0.435 e. The first-order valence-electron chi connectivity index (χ1n) is 4.29. The van der Waals surface area contributed by atoms with Crippen molar-refractivity contribution in [3.63, 3.8) is 0 Å². The third-order valence-electron chi connectivity index (χ3n) is 1.82. The van der Waals surface area contributed by atoms with Crippen molar-refractivity contribution in [2.45, 2.75) is 25.6 Å². The predicted octanol–water partition coefficient (Wildman–Crippen LogP) is 1.38. The second-order valence-corrected chi connectivity index (χ2v) is 3.06. The number of halogens is 3. The Bertz CT molecular complexity index is 335. The highest BCUT2D eigenvalue weighted by atomic mass is 19.4. The monoisotopic (exact) mass is 224 g/mol. The number of aliphatic hydroxyl groups excluding tert-OH is 1. The molecule has 0 spiro atoms. The molecule has 3 N–H and O–H groups in total. The summed E-state index contributed by atoms with van der Waals surface area (Å²) < 4.78 is 41.0. The lowest BCUT2D eigenvalue weighted by molar-refractivity contribution is -0.158. The molecule has 15 heavy (non-hydrogen) atoms. The molecule has 0 bridgehead atoms. The van der Waals surface area contributed by atoms with Gasteiger partial charge in [0.2, 0.25) is 0 Å². The Hall–Kier alpha value is -1.08. The summed E-state index contributed by atoms with van der Waals surface area (Å²) in [7, 11) is 0. The van der Waals surface area contributed by atoms with Gasteiger partial charge in [0, 0.05) is 0 Å². The van der Waals surface area contributed by atoms with E-state index in [9.17, 15) is 18.3 Å². The highest BCUT2D eigenvalue weighted by Gasteiger charge is 2.38. The number of hydrogen-bond donors (Lipinski definition) is 2. The second kappa shape index (κ2) is 4.19. The van der Waals surface area contributed by atoms with E-state index in [2.05, 4.69) is 9.40 Å². The largest absolute Gasteiger partial charge is 0.468 e. The van der Waals surface area contributed by atoms with Gasteiger partial charge in [-0.1, -0.05) is 0 Å². The minimum atomic E-state index is -4.63. The highest BCUT2D eigenvalue weighted by Crippen LogP contribution is 2.32. The van der Waals surface area contributed by atoms with Gasteiger partial charge in [-0.15, -0.1) is 0 Å². The lowest BCUT2D eigenvalue weighted by atomic mass is 10.2. The number of aliphatic hydroxyl groups is 1. The van der Waals surface area contributed by atoms with Crippen LogP contribution in [0.1, 0.15) is 29.9 Å². The fourth-order valence-corrected chi connectivity index (χ4v) is 1.13. The van der Waals surface area contributed by atoms with E-state index in [1.54, 1.807) is 0 Å². The smallest absolute Gasteiger partial charge is 0.435 e. The first-order chi connectivity index (χ1) is 6.86. The van der Waals surface area contributed by atoms with Gasteiger partial charge >= 0.3 is 12.1 Å². The average molecular weight is 224 g/mol. The van der Waals surface area contributed by atoms with Crippen LogP contribution in [0, 0.1) is 6.92 Å². The lowest BCUT2D eigenvalue weighted by Gasteiger charge is -2.05. The molecule has 0 aliphatic heterocycles. The third kappa shape index (κ3) is 2.69. The number of alkyl halides is 3. The molecule has 0 aromatic carbocycles. The summed E-state index contributed by atoms with van der Waals surface area (Å²) in [6.07, 6.45) is -5.64. The highest BCUT2D eigenvalue weighted by molar-refractivity contribution is 5.11. The van der Waals surface area contributed by atoms with Gasteiger partial charge in [-0.05, 0) is 19.9 Å². The van der Waals surface area contributed by atoms with E-state index in [0.717, 1.165) is 0 Å². The Morgan fingerprint density at radius 3 is 2.53 bits per heavy atom. The van der Waals surface area contributed by atoms with Crippen LogP contribution in [0.4, 0.5) is 13.2 Å². The van der Waals surface area contributed by atoms with Crippen molar-refractivity contribution in [1.82, 2.24) is 4.98 Å². The maximum Gasteiger partial charge on any atom is 0.468 e. The maximum absolute atomic E-state index is 12.2. The van der Waals surface area contributed by atoms with Crippen LogP contribution in [0.2, 0.25) is 0 Å². The van der Waals surface area contributed by atoms with Crippen LogP contribution < -0.4 is 5.73 Å². The molecule has 1 heterocycles. The molecule has 1 aromatic rings. The Labute approximate surface area is 83.9 Å². The Morgan fingerprint density at radius 1 is 1.53 bits per heavy atom. The summed E-state index contributed by atoms with van der Waals surface area (Å²) in [6, 6.07) is 0. The number of oxazole rings is 1. The van der Waals surface area contributed by atoms with Crippen molar-refractivity contribution in [3.8, 4) is 0 Å². The molecule has 0 amide bonds. The van der Waals surface area contributed by atoms with Gasteiger partial charge in [0.05, 0.1) is 5.69 Å². The van der Waals surface area contributed by atoms with Gasteiger partial charge in [-0.2, -0.15) is 13.2 Å². The number of nitrogens with two attached hydrogens (primary N) is 1. The van der Waals surface area contributed by atoms with Gasteiger partial charge in [0.25, 0.3) is 0 Å². The van der Waals surface area contributed by atoms with Crippen molar-refractivity contribution in [1.29, 1.82) is 0 Å². The number of hydrogen-bond acceptors (Lipinski definition) is 4. The molecular formula is C8H11F3N2O2. The third-order valence-corrected chi connectivity index (χ3v) is 1.82. The maximum atomic E-state index is 12.2. The van der Waals surface area contributed by atoms with E-state index in [4.69, 9.17) is 5.73 Å². The van der Waals surface area contributed by atoms with Gasteiger partial charge in [0.1, 0.15) is 6.10 Å². The van der Waals surface area contributed by atoms with Crippen molar-refractivity contribution >= 4 is 0 Å². The summed E-state index contributed by atoms with van der Waals surface area (Å²) in [5.41, 5.74) is 5.20. The number of aryl methyl sites for hydroxylation is 1. The van der Waals surface area contributed by atoms with E-state index in [1.165, 1.54) is 6.92 Å². The van der Waals surface area contributed by atoms with Gasteiger partial charge in [-0.25, -0.2) is 4.98 Å². The topological polar surface area (TPSA) is 72.3 Å². The van der Waals surface area contributed by atoms with Crippen molar-refractivity contribution in [3.05, 3.63) is 17.3 Å². The van der Waals surface area contributed by atoms with Crippen LogP contribution in [0.5, 0.6) is 0 Å². The molecule has 0 aliphatic carbocycles. The number of rotatable bonds is 3. The quantitative estimate of drug-likeness (QED) is 0.813. The molecule has 4 nitrogen and oxygen atoms in total. The van der Waals surface area contributed by atoms with E-state index < -0.39 is 18.2 Å². The molecule has 0 saturated heterocycles. The summed E-state index contributed by atoms with van der Waals surface area (Å²) in [4.78, 5) is 3.19. The zero-order valence-corrected chi connectivity index (χ0v) is 8.01. The molecule has 0 aliphatic rings. The Kier molecular flexibility index (Phi) is 3.35. The summed E-state index contributed by atoms with van der Waals surface area (Å²) in [6.45, 7) is 1.50. The van der Waals surface area contributed by atoms with Crippen LogP contribution in [0.25, 0.3) is 0 Å². The number of nitrogens with zero attached hydrogens (tertiary/aromatic N) is 1. The van der Waals surface area contributed by atoms with Crippen LogP contribution in [-0.2, 0) is 6.18 Å². The Balaban J connectivity index is 2.96. The summed E-state index contributed by atoms with van der Waals surface area (Å²) in [5.74, 6) is -1.51. The summed E-state index contributed by atoms with van der Waals surface area (Å²) in [5, 5.41) is 9.40. The molecule has 1 atom stereocenters. The molecule has 7 heteroatoms. The van der Waals surface area contributed by atoms with Crippen LogP contribution in [0.15, 0.2) is 4.42 Å². The van der Waals surface area contributed by atoms with E-state index >= 15 is 0 Å². The van der Waals surface area contributed by atoms with Crippen molar-refractivity contribution < 1.29 is 22.7 Å². The van der Waals surface area contributed by atoms with Crippen LogP contribution >= 0.6 is 0 Å². The first kappa shape index (κ1) is 12.0. The SMILES string of the molecule is Cc1nc(C(F)(F)F)oc1C(O)CCN. The van der Waals surface area contributed by atoms with Gasteiger partial charge < -0.3 is 15.3 Å². The first-order valence-corrected chi connectivity index (χ1v) is 4.29. The molecule has 86 valence electrons. The fraction of sp³-hybridized carbons (Fsp3) is 0.625. The normalized spacial score (nSPS) is 14.3. The zero-order chi connectivity index (χ0) is 11.6. The molecular weight excluding hydrogens is 213 g/mol. The van der Waals surface area contributed by atoms with E-state index in [-0.39, 0.29) is 24.4 Å². The van der Waals surface area contributed by atoms with Crippen molar-refractivity contribution in [2.75, 3.05) is 6.54 Å². The zero-order valence-electron chi connectivity index (χ0n) is 8.01. The fourth-order valence-electron chi connectivity index (χ4n) is 1.13. The second-order valence-electron chi connectivity index (χ2n) is 3.06. The van der Waals surface area contributed by atoms with Crippen molar-refractivity contribution in [2.24, 2.45) is 5.73 Å². The minimum absolute atomic E-state index is 0.0308. The van der Waals surface area contributed by atoms with Gasteiger partial charge in [0.15, 0.2) is 5.76 Å². The number of aromatic nitrogens is 1. The standard InChI is InChI=1S/C8H11F3N2O2/c1-4-6(5(14)2-3-12)15-7(13-4)8(9,10)11/h5,14H,2-3,12H2,1H3. The molecule has 1 unspecified atom stereocenters. The van der Waals surface area contributed by atoms with Crippen LogP contribution in [-0.4, -0.2) is 16.6 Å². The average Bonchev–Trinajstić information content (AvgIpc) is 2.47. The molecule has 0 saturated carbocycles. The molecule has 1 rings (SSSR count). The van der Waals surface area contributed by atoms with Gasteiger partial charge in [-0.3, -0.25) is 0 Å². The lowest BCUT2D eigenvalue weighted by Crippen LogP contribution is -2.07. The van der Waals surface area contributed by atoms with E-state index in [0.29, 0.717) is 0 Å². The molecule has 0 fully saturated rings. The predicted molar refractivity (Wildman–Crippen MR) is 44.9 cm³/mol. The van der Waals surface area contributed by atoms with Crippen LogP contribution in [0.3, 0.4) is 0 Å².